The van der Waals surface area contributed by atoms with Gasteiger partial charge in [0.1, 0.15) is 25.3 Å². The molecule has 4 aromatic rings. The van der Waals surface area contributed by atoms with Crippen LogP contribution in [0.4, 0.5) is 0 Å². The fourth-order valence-electron chi connectivity index (χ4n) is 7.11. The van der Waals surface area contributed by atoms with Gasteiger partial charge in [-0.15, -0.1) is 0 Å². The van der Waals surface area contributed by atoms with E-state index in [4.69, 9.17) is 19.5 Å². The Morgan fingerprint density at radius 1 is 0.447 bits per heavy atom. The summed E-state index contributed by atoms with van der Waals surface area (Å²) in [5.41, 5.74) is 7.91. The van der Waals surface area contributed by atoms with Crippen molar-refractivity contribution in [1.29, 1.82) is 0 Å². The van der Waals surface area contributed by atoms with E-state index in [9.17, 15) is 0 Å². The lowest BCUT2D eigenvalue weighted by Gasteiger charge is -2.49. The molecule has 2 bridgehead atoms. The number of aliphatic imine (C=N–C) groups is 2. The Kier molecular flexibility index (Phi) is 5.00. The number of hydrogen-bond donors (Lipinski definition) is 0. The Labute approximate surface area is 222 Å². The molecule has 0 aromatic heterocycles. The van der Waals surface area contributed by atoms with Gasteiger partial charge in [0, 0.05) is 11.8 Å². The van der Waals surface area contributed by atoms with Gasteiger partial charge in [-0.05, 0) is 33.4 Å². The molecule has 0 N–H and O–H groups in total. The molecule has 38 heavy (non-hydrogen) atoms. The second kappa shape index (κ2) is 8.70. The van der Waals surface area contributed by atoms with Crippen molar-refractivity contribution in [1.82, 2.24) is 0 Å². The van der Waals surface area contributed by atoms with Crippen molar-refractivity contribution in [3.63, 3.8) is 0 Å². The predicted molar refractivity (Wildman–Crippen MR) is 149 cm³/mol. The van der Waals surface area contributed by atoms with E-state index in [0.29, 0.717) is 13.2 Å². The molecular formula is C34H28N2O2. The fourth-order valence-corrected chi connectivity index (χ4v) is 7.11. The summed E-state index contributed by atoms with van der Waals surface area (Å²) in [5, 5.41) is 0. The summed E-state index contributed by atoms with van der Waals surface area (Å²) in [6, 6.07) is 38.8. The summed E-state index contributed by atoms with van der Waals surface area (Å²) < 4.78 is 13.0. The minimum absolute atomic E-state index is 0.0151. The lowest BCUT2D eigenvalue weighted by Crippen LogP contribution is -2.47. The molecule has 3 aliphatic carbocycles. The molecule has 4 heteroatoms. The van der Waals surface area contributed by atoms with E-state index in [1.165, 1.54) is 33.4 Å². The number of ether oxygens (including phenoxy) is 2. The lowest BCUT2D eigenvalue weighted by atomic mass is 9.54. The maximum atomic E-state index is 6.48. The first-order valence-corrected chi connectivity index (χ1v) is 13.6. The van der Waals surface area contributed by atoms with Crippen LogP contribution < -0.4 is 0 Å². The van der Waals surface area contributed by atoms with E-state index in [0.717, 1.165) is 11.8 Å². The zero-order valence-electron chi connectivity index (χ0n) is 21.0. The Bertz CT molecular complexity index is 1400. The largest absolute Gasteiger partial charge is 0.478 e. The minimum atomic E-state index is 0.0151. The van der Waals surface area contributed by atoms with E-state index >= 15 is 0 Å². The molecule has 0 radical (unpaired) electrons. The van der Waals surface area contributed by atoms with Crippen LogP contribution in [0.2, 0.25) is 0 Å². The third-order valence-electron chi connectivity index (χ3n) is 8.72. The molecular weight excluding hydrogens is 468 g/mol. The van der Waals surface area contributed by atoms with E-state index in [2.05, 4.69) is 97.1 Å². The molecule has 4 atom stereocenters. The second-order valence-electron chi connectivity index (χ2n) is 10.7. The number of nitrogens with zero attached hydrogens (tertiary/aromatic N) is 2. The van der Waals surface area contributed by atoms with Crippen LogP contribution in [0.15, 0.2) is 119 Å². The Hall–Kier alpha value is -4.18. The first kappa shape index (κ1) is 21.9. The molecule has 2 aliphatic heterocycles. The first-order chi connectivity index (χ1) is 18.9. The molecule has 0 unspecified atom stereocenters. The highest BCUT2D eigenvalue weighted by Gasteiger charge is 2.56. The summed E-state index contributed by atoms with van der Waals surface area (Å²) in [6.07, 6.45) is 0. The van der Waals surface area contributed by atoms with Crippen LogP contribution in [0.5, 0.6) is 0 Å². The van der Waals surface area contributed by atoms with Crippen LogP contribution in [-0.4, -0.2) is 25.0 Å². The number of hydrogen-bond acceptors (Lipinski definition) is 4. The van der Waals surface area contributed by atoms with E-state index in [1.54, 1.807) is 0 Å². The van der Waals surface area contributed by atoms with Crippen LogP contribution in [0.3, 0.4) is 0 Å². The lowest BCUT2D eigenvalue weighted by molar-refractivity contribution is 0.234. The predicted octanol–water partition coefficient (Wildman–Crippen LogP) is 6.85. The fraction of sp³-hybridized carbons (Fsp3) is 0.235. The van der Waals surface area contributed by atoms with Gasteiger partial charge in [0.2, 0.25) is 0 Å². The molecule has 0 spiro atoms. The van der Waals surface area contributed by atoms with Crippen molar-refractivity contribution < 1.29 is 9.47 Å². The van der Waals surface area contributed by atoms with Crippen molar-refractivity contribution in [2.45, 2.75) is 23.9 Å². The number of rotatable bonds is 4. The van der Waals surface area contributed by atoms with Crippen LogP contribution in [-0.2, 0) is 9.47 Å². The molecule has 0 fully saturated rings. The molecule has 4 nitrogen and oxygen atoms in total. The maximum Gasteiger partial charge on any atom is 0.189 e. The van der Waals surface area contributed by atoms with Crippen LogP contribution in [0, 0.1) is 11.8 Å². The second-order valence-corrected chi connectivity index (χ2v) is 10.7. The average molecular weight is 497 g/mol. The molecule has 4 aromatic carbocycles. The number of fused-ring (bicyclic) bond motifs is 1. The SMILES string of the molecule is c1ccc([C@H]2COC([C@H]3C4c5ccccc5C(c5ccccc54)[C@@H]3C3=N[C@@H](c4ccccc4)CO3)=N2)cc1. The normalized spacial score (nSPS) is 28.5. The van der Waals surface area contributed by atoms with Crippen molar-refractivity contribution in [3.05, 3.63) is 143 Å². The highest BCUT2D eigenvalue weighted by atomic mass is 16.5. The van der Waals surface area contributed by atoms with E-state index in [-0.39, 0.29) is 35.8 Å². The van der Waals surface area contributed by atoms with E-state index < -0.39 is 0 Å². The highest BCUT2D eigenvalue weighted by Crippen LogP contribution is 2.60. The molecule has 186 valence electrons. The summed E-state index contributed by atoms with van der Waals surface area (Å²) in [4.78, 5) is 10.5. The van der Waals surface area contributed by atoms with Gasteiger partial charge < -0.3 is 9.47 Å². The van der Waals surface area contributed by atoms with Crippen molar-refractivity contribution in [3.8, 4) is 0 Å². The molecule has 9 rings (SSSR count). The summed E-state index contributed by atoms with van der Waals surface area (Å²) in [5.74, 6) is 2.05. The summed E-state index contributed by atoms with van der Waals surface area (Å²) in [7, 11) is 0. The minimum Gasteiger partial charge on any atom is -0.478 e. The van der Waals surface area contributed by atoms with Crippen molar-refractivity contribution >= 4 is 11.8 Å². The van der Waals surface area contributed by atoms with E-state index in [1.807, 2.05) is 12.1 Å². The molecule has 2 heterocycles. The highest BCUT2D eigenvalue weighted by molar-refractivity contribution is 5.93. The topological polar surface area (TPSA) is 43.2 Å². The van der Waals surface area contributed by atoms with Crippen LogP contribution in [0.25, 0.3) is 0 Å². The zero-order valence-corrected chi connectivity index (χ0v) is 21.0. The standard InChI is InChI=1S/C34H28N2O2/c1-3-11-21(12-4-1)27-19-37-33(35-27)31-29-23-15-7-9-17-25(23)30(26-18-10-8-16-24(26)29)32(31)34-36-28(20-38-34)22-13-5-2-6-14-22/h1-18,27-32H,19-20H2/t27-,28-,29?,30?,31+,32+/m1/s1. The number of benzene rings is 4. The Morgan fingerprint density at radius 3 is 1.16 bits per heavy atom. The average Bonchev–Trinajstić information content (AvgIpc) is 3.69. The smallest absolute Gasteiger partial charge is 0.189 e. The molecule has 0 amide bonds. The molecule has 5 aliphatic rings. The van der Waals surface area contributed by atoms with Gasteiger partial charge in [0.05, 0.1) is 11.8 Å². The Morgan fingerprint density at radius 2 is 0.789 bits per heavy atom. The first-order valence-electron chi connectivity index (χ1n) is 13.6. The maximum absolute atomic E-state index is 6.48. The quantitative estimate of drug-likeness (QED) is 0.310. The third kappa shape index (κ3) is 3.29. The van der Waals surface area contributed by atoms with Gasteiger partial charge in [0.25, 0.3) is 0 Å². The van der Waals surface area contributed by atoms with Crippen LogP contribution in [0.1, 0.15) is 57.3 Å². The summed E-state index contributed by atoms with van der Waals surface area (Å²) in [6.45, 7) is 1.15. The zero-order chi connectivity index (χ0) is 25.1. The van der Waals surface area contributed by atoms with Gasteiger partial charge in [-0.3, -0.25) is 0 Å². The van der Waals surface area contributed by atoms with Crippen molar-refractivity contribution in [2.24, 2.45) is 21.8 Å². The molecule has 0 saturated carbocycles. The third-order valence-corrected chi connectivity index (χ3v) is 8.72. The van der Waals surface area contributed by atoms with Gasteiger partial charge in [-0.2, -0.15) is 0 Å². The van der Waals surface area contributed by atoms with Gasteiger partial charge in [-0.1, -0.05) is 109 Å². The van der Waals surface area contributed by atoms with Gasteiger partial charge >= 0.3 is 0 Å². The summed E-state index contributed by atoms with van der Waals surface area (Å²) >= 11 is 0. The Balaban J connectivity index is 1.29. The van der Waals surface area contributed by atoms with Crippen LogP contribution >= 0.6 is 0 Å². The molecule has 0 saturated heterocycles. The van der Waals surface area contributed by atoms with Gasteiger partial charge in [0.15, 0.2) is 11.8 Å². The van der Waals surface area contributed by atoms with Gasteiger partial charge in [-0.25, -0.2) is 9.98 Å². The van der Waals surface area contributed by atoms with Crippen molar-refractivity contribution in [2.75, 3.05) is 13.2 Å². The monoisotopic (exact) mass is 496 g/mol.